The summed E-state index contributed by atoms with van der Waals surface area (Å²) in [7, 11) is 0. The second-order valence-corrected chi connectivity index (χ2v) is 5.92. The van der Waals surface area contributed by atoms with Gasteiger partial charge < -0.3 is 24.8 Å². The largest absolute Gasteiger partial charge is 0.488 e. The number of esters is 1. The van der Waals surface area contributed by atoms with Gasteiger partial charge in [0.2, 0.25) is 0 Å². The SMILES string of the molecule is CCOC(=O)c1nc(-c2ccc(N)cc2)nc(N2CCOCC2)c1OCC. The van der Waals surface area contributed by atoms with Gasteiger partial charge in [0.05, 0.1) is 26.4 Å². The first kappa shape index (κ1) is 18.9. The van der Waals surface area contributed by atoms with Crippen molar-refractivity contribution in [3.05, 3.63) is 30.0 Å². The number of anilines is 2. The van der Waals surface area contributed by atoms with E-state index in [0.29, 0.717) is 56.0 Å². The molecule has 8 heteroatoms. The van der Waals surface area contributed by atoms with Crippen LogP contribution >= 0.6 is 0 Å². The molecule has 2 aromatic rings. The molecule has 1 aromatic heterocycles. The third kappa shape index (κ3) is 4.28. The van der Waals surface area contributed by atoms with Crippen LogP contribution in [0.1, 0.15) is 24.3 Å². The van der Waals surface area contributed by atoms with Crippen molar-refractivity contribution in [1.82, 2.24) is 9.97 Å². The predicted molar refractivity (Wildman–Crippen MR) is 102 cm³/mol. The van der Waals surface area contributed by atoms with Crippen LogP contribution in [-0.4, -0.2) is 55.5 Å². The van der Waals surface area contributed by atoms with Gasteiger partial charge in [-0.3, -0.25) is 0 Å². The lowest BCUT2D eigenvalue weighted by Crippen LogP contribution is -2.37. The third-order valence-electron chi connectivity index (χ3n) is 4.08. The highest BCUT2D eigenvalue weighted by Gasteiger charge is 2.27. The van der Waals surface area contributed by atoms with E-state index in [4.69, 9.17) is 24.9 Å². The minimum Gasteiger partial charge on any atom is -0.488 e. The minimum atomic E-state index is -0.533. The number of hydrogen-bond acceptors (Lipinski definition) is 8. The van der Waals surface area contributed by atoms with Gasteiger partial charge in [0.1, 0.15) is 0 Å². The van der Waals surface area contributed by atoms with Crippen molar-refractivity contribution in [1.29, 1.82) is 0 Å². The van der Waals surface area contributed by atoms with Gasteiger partial charge in [0, 0.05) is 24.3 Å². The van der Waals surface area contributed by atoms with Crippen molar-refractivity contribution < 1.29 is 19.0 Å². The summed E-state index contributed by atoms with van der Waals surface area (Å²) in [6.45, 7) is 6.71. The molecule has 0 amide bonds. The van der Waals surface area contributed by atoms with E-state index in [1.165, 1.54) is 0 Å². The molecular weight excluding hydrogens is 348 g/mol. The van der Waals surface area contributed by atoms with Crippen molar-refractivity contribution in [2.24, 2.45) is 0 Å². The summed E-state index contributed by atoms with van der Waals surface area (Å²) in [4.78, 5) is 23.8. The first-order valence-corrected chi connectivity index (χ1v) is 9.04. The molecule has 3 rings (SSSR count). The molecule has 1 aliphatic heterocycles. The molecule has 1 fully saturated rings. The number of aromatic nitrogens is 2. The quantitative estimate of drug-likeness (QED) is 0.608. The molecule has 0 aliphatic carbocycles. The number of morpholine rings is 1. The molecule has 2 heterocycles. The Morgan fingerprint density at radius 1 is 1.15 bits per heavy atom. The van der Waals surface area contributed by atoms with E-state index in [1.807, 2.05) is 24.0 Å². The average molecular weight is 372 g/mol. The molecule has 144 valence electrons. The number of carbonyl (C=O) groups excluding carboxylic acids is 1. The van der Waals surface area contributed by atoms with Crippen molar-refractivity contribution in [3.8, 4) is 17.1 Å². The summed E-state index contributed by atoms with van der Waals surface area (Å²) < 4.78 is 16.4. The van der Waals surface area contributed by atoms with Crippen LogP contribution < -0.4 is 15.4 Å². The maximum atomic E-state index is 12.6. The highest BCUT2D eigenvalue weighted by Crippen LogP contribution is 2.33. The van der Waals surface area contributed by atoms with E-state index in [2.05, 4.69) is 4.98 Å². The Morgan fingerprint density at radius 2 is 1.85 bits per heavy atom. The van der Waals surface area contributed by atoms with Crippen LogP contribution in [0.5, 0.6) is 5.75 Å². The fraction of sp³-hybridized carbons (Fsp3) is 0.421. The lowest BCUT2D eigenvalue weighted by molar-refractivity contribution is 0.0514. The Morgan fingerprint density at radius 3 is 2.48 bits per heavy atom. The number of hydrogen-bond donors (Lipinski definition) is 1. The van der Waals surface area contributed by atoms with Gasteiger partial charge in [0.15, 0.2) is 23.1 Å². The molecule has 0 unspecified atom stereocenters. The number of carbonyl (C=O) groups is 1. The summed E-state index contributed by atoms with van der Waals surface area (Å²) in [6, 6.07) is 7.19. The highest BCUT2D eigenvalue weighted by molar-refractivity contribution is 5.93. The van der Waals surface area contributed by atoms with Crippen molar-refractivity contribution >= 4 is 17.5 Å². The molecule has 0 spiro atoms. The van der Waals surface area contributed by atoms with Gasteiger partial charge in [-0.2, -0.15) is 0 Å². The number of rotatable bonds is 6. The second kappa shape index (κ2) is 8.68. The Bertz CT molecular complexity index is 789. The molecule has 1 aliphatic rings. The van der Waals surface area contributed by atoms with Crippen LogP contribution in [-0.2, 0) is 9.47 Å². The fourth-order valence-corrected chi connectivity index (χ4v) is 2.80. The normalized spacial score (nSPS) is 14.1. The zero-order valence-electron chi connectivity index (χ0n) is 15.6. The van der Waals surface area contributed by atoms with Gasteiger partial charge in [-0.25, -0.2) is 14.8 Å². The number of nitrogens with zero attached hydrogens (tertiary/aromatic N) is 3. The first-order valence-electron chi connectivity index (χ1n) is 9.04. The summed E-state index contributed by atoms with van der Waals surface area (Å²) in [5, 5.41) is 0. The summed E-state index contributed by atoms with van der Waals surface area (Å²) in [6.07, 6.45) is 0. The Balaban J connectivity index is 2.15. The molecule has 0 saturated carbocycles. The Kier molecular flexibility index (Phi) is 6.08. The third-order valence-corrected chi connectivity index (χ3v) is 4.08. The van der Waals surface area contributed by atoms with Gasteiger partial charge in [0.25, 0.3) is 0 Å². The summed E-state index contributed by atoms with van der Waals surface area (Å²) >= 11 is 0. The van der Waals surface area contributed by atoms with Crippen molar-refractivity contribution in [2.75, 3.05) is 50.2 Å². The van der Waals surface area contributed by atoms with Gasteiger partial charge in [-0.15, -0.1) is 0 Å². The van der Waals surface area contributed by atoms with E-state index in [9.17, 15) is 4.79 Å². The lowest BCUT2D eigenvalue weighted by Gasteiger charge is -2.29. The first-order chi connectivity index (χ1) is 13.1. The number of benzene rings is 1. The Hall–Kier alpha value is -2.87. The molecule has 1 saturated heterocycles. The zero-order valence-corrected chi connectivity index (χ0v) is 15.6. The van der Waals surface area contributed by atoms with Gasteiger partial charge in [-0.1, -0.05) is 0 Å². The van der Waals surface area contributed by atoms with Gasteiger partial charge in [-0.05, 0) is 38.1 Å². The van der Waals surface area contributed by atoms with Crippen LogP contribution in [0.4, 0.5) is 11.5 Å². The van der Waals surface area contributed by atoms with Crippen LogP contribution in [0.15, 0.2) is 24.3 Å². The van der Waals surface area contributed by atoms with E-state index in [0.717, 1.165) is 5.56 Å². The molecule has 0 bridgehead atoms. The molecule has 0 atom stereocenters. The van der Waals surface area contributed by atoms with Gasteiger partial charge >= 0.3 is 5.97 Å². The molecule has 8 nitrogen and oxygen atoms in total. The standard InChI is InChI=1S/C19H24N4O4/c1-3-26-16-15(19(24)27-4-2)21-17(13-5-7-14(20)8-6-13)22-18(16)23-9-11-25-12-10-23/h5-8H,3-4,9-12,20H2,1-2H3. The summed E-state index contributed by atoms with van der Waals surface area (Å²) in [5.74, 6) is 0.805. The Labute approximate surface area is 158 Å². The minimum absolute atomic E-state index is 0.127. The zero-order chi connectivity index (χ0) is 19.2. The van der Waals surface area contributed by atoms with Crippen molar-refractivity contribution in [3.63, 3.8) is 0 Å². The van der Waals surface area contributed by atoms with Crippen LogP contribution in [0, 0.1) is 0 Å². The fourth-order valence-electron chi connectivity index (χ4n) is 2.80. The highest BCUT2D eigenvalue weighted by atomic mass is 16.5. The van der Waals surface area contributed by atoms with Crippen LogP contribution in [0.25, 0.3) is 11.4 Å². The average Bonchev–Trinajstić information content (AvgIpc) is 2.69. The molecule has 1 aromatic carbocycles. The second-order valence-electron chi connectivity index (χ2n) is 5.92. The predicted octanol–water partition coefficient (Wildman–Crippen LogP) is 2.14. The summed E-state index contributed by atoms with van der Waals surface area (Å²) in [5.41, 5.74) is 7.30. The van der Waals surface area contributed by atoms with E-state index >= 15 is 0 Å². The smallest absolute Gasteiger partial charge is 0.361 e. The topological polar surface area (TPSA) is 99.8 Å². The molecule has 0 radical (unpaired) electrons. The van der Waals surface area contributed by atoms with E-state index in [1.54, 1.807) is 19.1 Å². The molecular formula is C19H24N4O4. The van der Waals surface area contributed by atoms with Crippen LogP contribution in [0.2, 0.25) is 0 Å². The van der Waals surface area contributed by atoms with E-state index < -0.39 is 5.97 Å². The van der Waals surface area contributed by atoms with Crippen molar-refractivity contribution in [2.45, 2.75) is 13.8 Å². The number of ether oxygens (including phenoxy) is 3. The number of nitrogens with two attached hydrogens (primary N) is 1. The monoisotopic (exact) mass is 372 g/mol. The number of nitrogen functional groups attached to an aromatic ring is 1. The van der Waals surface area contributed by atoms with Crippen LogP contribution in [0.3, 0.4) is 0 Å². The molecule has 27 heavy (non-hydrogen) atoms. The van der Waals surface area contributed by atoms with E-state index in [-0.39, 0.29) is 12.3 Å². The molecule has 2 N–H and O–H groups in total. The maximum absolute atomic E-state index is 12.6. The lowest BCUT2D eigenvalue weighted by atomic mass is 10.2. The maximum Gasteiger partial charge on any atom is 0.361 e.